The Morgan fingerprint density at radius 2 is 2.18 bits per heavy atom. The molecule has 0 aromatic carbocycles. The molecule has 1 rings (SSSR count). The van der Waals surface area contributed by atoms with Gasteiger partial charge in [0.05, 0.1) is 0 Å². The molecule has 4 N–H and O–H groups in total. The fourth-order valence-electron chi connectivity index (χ4n) is 0.464. The summed E-state index contributed by atoms with van der Waals surface area (Å²) in [6.07, 6.45) is 0. The Morgan fingerprint density at radius 3 is 2.55 bits per heavy atom. The van der Waals surface area contributed by atoms with E-state index in [0.29, 0.717) is 0 Å². The molecule has 0 radical (unpaired) electrons. The molecule has 1 aromatic rings. The number of hydrogen-bond acceptors (Lipinski definition) is 3. The van der Waals surface area contributed by atoms with Crippen LogP contribution in [0.15, 0.2) is 16.9 Å². The maximum atomic E-state index is 10.3. The Kier molecular flexibility index (Phi) is 2.94. The molecule has 0 aliphatic rings. The van der Waals surface area contributed by atoms with Gasteiger partial charge in [0, 0.05) is 6.07 Å². The number of carboxylic acid groups (broad SMARTS) is 1. The zero-order valence-electron chi connectivity index (χ0n) is 5.37. The predicted octanol–water partition coefficient (Wildman–Crippen LogP) is -1.36. The molecule has 0 aliphatic carbocycles. The van der Waals surface area contributed by atoms with Gasteiger partial charge < -0.3 is 10.6 Å². The van der Waals surface area contributed by atoms with E-state index in [1.165, 1.54) is 0 Å². The summed E-state index contributed by atoms with van der Waals surface area (Å²) in [5, 5.41) is 13.5. The Hall–Kier alpha value is -1.69. The highest BCUT2D eigenvalue weighted by Gasteiger charge is 2.01. The molecule has 0 spiro atoms. The minimum Gasteiger partial charge on any atom is -0.476 e. The first-order valence-electron chi connectivity index (χ1n) is 2.49. The van der Waals surface area contributed by atoms with E-state index in [4.69, 9.17) is 5.11 Å². The molecule has 0 aliphatic heterocycles. The van der Waals surface area contributed by atoms with Crippen molar-refractivity contribution in [1.29, 1.82) is 0 Å². The average molecular weight is 158 g/mol. The van der Waals surface area contributed by atoms with Crippen molar-refractivity contribution >= 4 is 5.97 Å². The number of carbonyl (C=O) groups is 1. The summed E-state index contributed by atoms with van der Waals surface area (Å²) >= 11 is 0. The Morgan fingerprint density at radius 1 is 1.55 bits per heavy atom. The molecule has 0 amide bonds. The topological polar surface area (TPSA) is 115 Å². The second kappa shape index (κ2) is 3.47. The van der Waals surface area contributed by atoms with Crippen LogP contribution in [0.3, 0.4) is 0 Å². The highest BCUT2D eigenvalue weighted by atomic mass is 16.4. The van der Waals surface area contributed by atoms with E-state index in [2.05, 4.69) is 5.10 Å². The molecule has 6 heteroatoms. The molecule has 0 saturated heterocycles. The van der Waals surface area contributed by atoms with E-state index in [-0.39, 0.29) is 11.2 Å². The molecule has 6 nitrogen and oxygen atoms in total. The first kappa shape index (κ1) is 9.31. The lowest BCUT2D eigenvalue weighted by molar-refractivity contribution is 0.0689. The quantitative estimate of drug-likeness (QED) is 0.525. The van der Waals surface area contributed by atoms with Gasteiger partial charge in [-0.3, -0.25) is 4.79 Å². The molecule has 0 fully saturated rings. The number of aromatic amines is 1. The lowest BCUT2D eigenvalue weighted by atomic mass is 10.4. The van der Waals surface area contributed by atoms with Crippen LogP contribution in [0.4, 0.5) is 0 Å². The second-order valence-corrected chi connectivity index (χ2v) is 1.61. The number of hydrogen-bond donors (Lipinski definition) is 2. The third-order valence-corrected chi connectivity index (χ3v) is 0.898. The van der Waals surface area contributed by atoms with Crippen molar-refractivity contribution in [3.05, 3.63) is 28.2 Å². The van der Waals surface area contributed by atoms with Crippen LogP contribution in [0, 0.1) is 0 Å². The smallest absolute Gasteiger partial charge is 0.356 e. The largest absolute Gasteiger partial charge is 0.476 e. The van der Waals surface area contributed by atoms with Crippen LogP contribution in [0.25, 0.3) is 0 Å². The molecular formula is C5H6N2O4. The van der Waals surface area contributed by atoms with Crippen molar-refractivity contribution in [2.24, 2.45) is 0 Å². The molecule has 0 unspecified atom stereocenters. The summed E-state index contributed by atoms with van der Waals surface area (Å²) < 4.78 is 0. The fraction of sp³-hybridized carbons (Fsp3) is 0. The zero-order valence-corrected chi connectivity index (χ0v) is 5.37. The first-order chi connectivity index (χ1) is 4.70. The van der Waals surface area contributed by atoms with Crippen LogP contribution in [0.1, 0.15) is 10.5 Å². The number of H-pyrrole nitrogens is 1. The summed E-state index contributed by atoms with van der Waals surface area (Å²) in [7, 11) is 0. The lowest BCUT2D eigenvalue weighted by Gasteiger charge is -1.87. The van der Waals surface area contributed by atoms with Gasteiger partial charge >= 0.3 is 5.97 Å². The average Bonchev–Trinajstić information content (AvgIpc) is 1.88. The van der Waals surface area contributed by atoms with Crippen molar-refractivity contribution in [3.63, 3.8) is 0 Å². The molecule has 0 bridgehead atoms. The monoisotopic (exact) mass is 158 g/mol. The van der Waals surface area contributed by atoms with Crippen LogP contribution >= 0.6 is 0 Å². The van der Waals surface area contributed by atoms with Crippen molar-refractivity contribution in [1.82, 2.24) is 10.2 Å². The molecular weight excluding hydrogens is 152 g/mol. The lowest BCUT2D eigenvalue weighted by Crippen LogP contribution is -2.10. The minimum atomic E-state index is -1.16. The van der Waals surface area contributed by atoms with Gasteiger partial charge in [0.25, 0.3) is 5.56 Å². The molecule has 60 valence electrons. The van der Waals surface area contributed by atoms with Crippen molar-refractivity contribution in [2.45, 2.75) is 0 Å². The fourth-order valence-corrected chi connectivity index (χ4v) is 0.464. The van der Waals surface area contributed by atoms with Gasteiger partial charge in [-0.05, 0) is 6.07 Å². The molecule has 1 heterocycles. The number of rotatable bonds is 1. The van der Waals surface area contributed by atoms with E-state index in [1.807, 2.05) is 5.10 Å². The van der Waals surface area contributed by atoms with E-state index in [1.54, 1.807) is 0 Å². The number of aromatic nitrogens is 2. The van der Waals surface area contributed by atoms with Gasteiger partial charge in [0.15, 0.2) is 5.69 Å². The van der Waals surface area contributed by atoms with Crippen LogP contribution < -0.4 is 5.56 Å². The van der Waals surface area contributed by atoms with Gasteiger partial charge in [0.2, 0.25) is 0 Å². The van der Waals surface area contributed by atoms with E-state index in [0.717, 1.165) is 12.1 Å². The summed E-state index contributed by atoms with van der Waals surface area (Å²) in [4.78, 5) is 20.5. The number of aromatic carboxylic acids is 1. The number of nitrogens with one attached hydrogen (secondary N) is 1. The third kappa shape index (κ3) is 2.18. The first-order valence-corrected chi connectivity index (χ1v) is 2.49. The Labute approximate surface area is 60.8 Å². The standard InChI is InChI=1S/C5H4N2O3.H2O/c8-4-2-1-3(5(9)10)6-7-4;/h1-2H,(H,7,8)(H,9,10);1H2. The van der Waals surface area contributed by atoms with Gasteiger partial charge in [-0.1, -0.05) is 0 Å². The molecule has 0 atom stereocenters. The van der Waals surface area contributed by atoms with Crippen molar-refractivity contribution < 1.29 is 15.4 Å². The summed E-state index contributed by atoms with van der Waals surface area (Å²) in [5.41, 5.74) is -0.579. The van der Waals surface area contributed by atoms with Crippen molar-refractivity contribution in [2.75, 3.05) is 0 Å². The minimum absolute atomic E-state index is 0. The maximum Gasteiger partial charge on any atom is 0.356 e. The predicted molar refractivity (Wildman–Crippen MR) is 35.4 cm³/mol. The van der Waals surface area contributed by atoms with Crippen LogP contribution in [-0.4, -0.2) is 26.7 Å². The normalized spacial score (nSPS) is 8.36. The third-order valence-electron chi connectivity index (χ3n) is 0.898. The number of nitrogens with zero attached hydrogens (tertiary/aromatic N) is 1. The van der Waals surface area contributed by atoms with Gasteiger partial charge in [-0.2, -0.15) is 5.10 Å². The second-order valence-electron chi connectivity index (χ2n) is 1.61. The summed E-state index contributed by atoms with van der Waals surface area (Å²) in [6, 6.07) is 2.25. The highest BCUT2D eigenvalue weighted by Crippen LogP contribution is 1.85. The van der Waals surface area contributed by atoms with E-state index < -0.39 is 11.5 Å². The zero-order chi connectivity index (χ0) is 7.56. The van der Waals surface area contributed by atoms with Crippen LogP contribution in [-0.2, 0) is 0 Å². The summed E-state index contributed by atoms with van der Waals surface area (Å²) in [5.74, 6) is -1.16. The van der Waals surface area contributed by atoms with Crippen LogP contribution in [0.2, 0.25) is 0 Å². The van der Waals surface area contributed by atoms with Crippen molar-refractivity contribution in [3.8, 4) is 0 Å². The maximum absolute atomic E-state index is 10.3. The Balaban J connectivity index is 0.000001000. The van der Waals surface area contributed by atoms with E-state index in [9.17, 15) is 9.59 Å². The molecule has 11 heavy (non-hydrogen) atoms. The van der Waals surface area contributed by atoms with E-state index >= 15 is 0 Å². The number of carboxylic acids is 1. The van der Waals surface area contributed by atoms with Crippen LogP contribution in [0.5, 0.6) is 0 Å². The van der Waals surface area contributed by atoms with Gasteiger partial charge in [0.1, 0.15) is 0 Å². The SMILES string of the molecule is O.O=C(O)c1ccc(=O)[nH]n1. The summed E-state index contributed by atoms with van der Waals surface area (Å²) in [6.45, 7) is 0. The Bertz CT molecular complexity index is 285. The molecule has 0 saturated carbocycles. The van der Waals surface area contributed by atoms with Gasteiger partial charge in [-0.25, -0.2) is 9.89 Å². The highest BCUT2D eigenvalue weighted by molar-refractivity contribution is 5.84. The van der Waals surface area contributed by atoms with Gasteiger partial charge in [-0.15, -0.1) is 0 Å². The molecule has 1 aromatic heterocycles.